The third-order valence-corrected chi connectivity index (χ3v) is 4.94. The Balaban J connectivity index is 1.80. The van der Waals surface area contributed by atoms with Gasteiger partial charge in [0.2, 0.25) is 5.91 Å². The van der Waals surface area contributed by atoms with Crippen LogP contribution in [0, 0.1) is 5.92 Å². The Bertz CT molecular complexity index is 592. The lowest BCUT2D eigenvalue weighted by Crippen LogP contribution is -2.50. The minimum Gasteiger partial charge on any atom is -0.335 e. The molecule has 1 aliphatic carbocycles. The molecule has 1 aromatic carbocycles. The number of hydrogen-bond donors (Lipinski definition) is 3. The Hall–Kier alpha value is -1.88. The molecule has 3 N–H and O–H groups in total. The predicted octanol–water partition coefficient (Wildman–Crippen LogP) is 3.69. The normalized spacial score (nSPS) is 17.1. The zero-order valence-corrected chi connectivity index (χ0v) is 16.5. The maximum absolute atomic E-state index is 12.2. The van der Waals surface area contributed by atoms with E-state index in [9.17, 15) is 9.59 Å². The van der Waals surface area contributed by atoms with Crippen molar-refractivity contribution >= 4 is 11.9 Å². The second-order valence-corrected chi connectivity index (χ2v) is 7.89. The Labute approximate surface area is 157 Å². The summed E-state index contributed by atoms with van der Waals surface area (Å²) in [5.41, 5.74) is 2.46. The molecule has 0 unspecified atom stereocenters. The first-order valence-electron chi connectivity index (χ1n) is 9.81. The molecule has 2 atom stereocenters. The van der Waals surface area contributed by atoms with E-state index >= 15 is 0 Å². The van der Waals surface area contributed by atoms with Gasteiger partial charge in [-0.3, -0.25) is 15.4 Å². The van der Waals surface area contributed by atoms with Crippen molar-refractivity contribution < 1.29 is 9.59 Å². The SMILES string of the molecule is CC(C)Cc1ccc([C@H](C)N[C@H](C)C(=O)NC(=O)NC2CCCC2)cc1. The van der Waals surface area contributed by atoms with Gasteiger partial charge in [0, 0.05) is 12.1 Å². The monoisotopic (exact) mass is 359 g/mol. The summed E-state index contributed by atoms with van der Waals surface area (Å²) < 4.78 is 0. The highest BCUT2D eigenvalue weighted by Gasteiger charge is 2.21. The molecule has 1 aliphatic rings. The van der Waals surface area contributed by atoms with Crippen molar-refractivity contribution in [1.29, 1.82) is 0 Å². The highest BCUT2D eigenvalue weighted by Crippen LogP contribution is 2.18. The van der Waals surface area contributed by atoms with Crippen LogP contribution in [-0.4, -0.2) is 24.0 Å². The van der Waals surface area contributed by atoms with E-state index < -0.39 is 6.04 Å². The summed E-state index contributed by atoms with van der Waals surface area (Å²) in [6.07, 6.45) is 5.35. The Kier molecular flexibility index (Phi) is 7.64. The molecule has 1 aromatic rings. The Morgan fingerprint density at radius 1 is 1.04 bits per heavy atom. The number of carbonyl (C=O) groups is 2. The average molecular weight is 360 g/mol. The number of carbonyl (C=O) groups excluding carboxylic acids is 2. The first-order chi connectivity index (χ1) is 12.3. The van der Waals surface area contributed by atoms with Crippen LogP contribution in [0.25, 0.3) is 0 Å². The van der Waals surface area contributed by atoms with Crippen molar-refractivity contribution in [2.45, 2.75) is 77.9 Å². The molecule has 0 aromatic heterocycles. The fraction of sp³-hybridized carbons (Fsp3) is 0.619. The van der Waals surface area contributed by atoms with Gasteiger partial charge in [-0.15, -0.1) is 0 Å². The van der Waals surface area contributed by atoms with E-state index in [1.165, 1.54) is 5.56 Å². The number of urea groups is 1. The van der Waals surface area contributed by atoms with Crippen molar-refractivity contribution in [3.63, 3.8) is 0 Å². The minimum atomic E-state index is -0.449. The molecule has 5 nitrogen and oxygen atoms in total. The van der Waals surface area contributed by atoms with Crippen LogP contribution in [0.1, 0.15) is 70.5 Å². The van der Waals surface area contributed by atoms with E-state index in [1.54, 1.807) is 6.92 Å². The number of imide groups is 1. The second kappa shape index (κ2) is 9.72. The Morgan fingerprint density at radius 3 is 2.23 bits per heavy atom. The van der Waals surface area contributed by atoms with Crippen LogP contribution in [0.15, 0.2) is 24.3 Å². The summed E-state index contributed by atoms with van der Waals surface area (Å²) >= 11 is 0. The van der Waals surface area contributed by atoms with Crippen LogP contribution in [-0.2, 0) is 11.2 Å². The molecule has 3 amide bonds. The average Bonchev–Trinajstić information content (AvgIpc) is 3.07. The van der Waals surface area contributed by atoms with Gasteiger partial charge in [0.1, 0.15) is 0 Å². The van der Waals surface area contributed by atoms with Gasteiger partial charge in [-0.25, -0.2) is 4.79 Å². The molecule has 2 rings (SSSR count). The van der Waals surface area contributed by atoms with Gasteiger partial charge in [0.15, 0.2) is 0 Å². The molecule has 144 valence electrons. The van der Waals surface area contributed by atoms with E-state index in [2.05, 4.69) is 54.1 Å². The van der Waals surface area contributed by atoms with Gasteiger partial charge in [-0.05, 0) is 50.2 Å². The van der Waals surface area contributed by atoms with Crippen LogP contribution in [0.3, 0.4) is 0 Å². The van der Waals surface area contributed by atoms with Gasteiger partial charge in [-0.1, -0.05) is 51.0 Å². The zero-order valence-electron chi connectivity index (χ0n) is 16.5. The summed E-state index contributed by atoms with van der Waals surface area (Å²) in [5.74, 6) is 0.333. The third kappa shape index (κ3) is 6.45. The smallest absolute Gasteiger partial charge is 0.321 e. The van der Waals surface area contributed by atoms with E-state index in [0.29, 0.717) is 5.92 Å². The van der Waals surface area contributed by atoms with E-state index in [-0.39, 0.29) is 24.0 Å². The van der Waals surface area contributed by atoms with Crippen LogP contribution in [0.4, 0.5) is 4.79 Å². The van der Waals surface area contributed by atoms with Crippen molar-refractivity contribution in [1.82, 2.24) is 16.0 Å². The highest BCUT2D eigenvalue weighted by atomic mass is 16.2. The van der Waals surface area contributed by atoms with E-state index in [1.807, 2.05) is 6.92 Å². The molecule has 0 aliphatic heterocycles. The second-order valence-electron chi connectivity index (χ2n) is 7.89. The minimum absolute atomic E-state index is 0.0294. The predicted molar refractivity (Wildman–Crippen MR) is 105 cm³/mol. The van der Waals surface area contributed by atoms with Crippen molar-refractivity contribution in [3.05, 3.63) is 35.4 Å². The standard InChI is InChI=1S/C21H33N3O2/c1-14(2)13-17-9-11-18(12-10-17)15(3)22-16(4)20(25)24-21(26)23-19-7-5-6-8-19/h9-12,14-16,19,22H,5-8,13H2,1-4H3,(H2,23,24,25,26)/t15-,16+/m0/s1. The fourth-order valence-corrected chi connectivity index (χ4v) is 3.47. The molecular weight excluding hydrogens is 326 g/mol. The molecule has 0 heterocycles. The quantitative estimate of drug-likeness (QED) is 0.695. The molecule has 5 heteroatoms. The first kappa shape index (κ1) is 20.4. The Morgan fingerprint density at radius 2 is 1.65 bits per heavy atom. The van der Waals surface area contributed by atoms with Crippen LogP contribution >= 0.6 is 0 Å². The number of benzene rings is 1. The maximum Gasteiger partial charge on any atom is 0.321 e. The molecule has 0 spiro atoms. The number of nitrogens with one attached hydrogen (secondary N) is 3. The fourth-order valence-electron chi connectivity index (χ4n) is 3.47. The maximum atomic E-state index is 12.2. The van der Waals surface area contributed by atoms with E-state index in [4.69, 9.17) is 0 Å². The molecule has 26 heavy (non-hydrogen) atoms. The lowest BCUT2D eigenvalue weighted by molar-refractivity contribution is -0.121. The molecule has 0 bridgehead atoms. The molecule has 1 fully saturated rings. The zero-order chi connectivity index (χ0) is 19.1. The van der Waals surface area contributed by atoms with Crippen LogP contribution in [0.2, 0.25) is 0 Å². The summed E-state index contributed by atoms with van der Waals surface area (Å²) in [5, 5.41) is 8.58. The van der Waals surface area contributed by atoms with E-state index in [0.717, 1.165) is 37.7 Å². The van der Waals surface area contributed by atoms with Crippen molar-refractivity contribution in [2.24, 2.45) is 5.92 Å². The summed E-state index contributed by atoms with van der Waals surface area (Å²) in [7, 11) is 0. The first-order valence-corrected chi connectivity index (χ1v) is 9.81. The van der Waals surface area contributed by atoms with Crippen LogP contribution in [0.5, 0.6) is 0 Å². The lowest BCUT2D eigenvalue weighted by atomic mass is 9.99. The van der Waals surface area contributed by atoms with Crippen molar-refractivity contribution in [3.8, 4) is 0 Å². The van der Waals surface area contributed by atoms with Gasteiger partial charge < -0.3 is 5.32 Å². The van der Waals surface area contributed by atoms with Gasteiger partial charge in [-0.2, -0.15) is 0 Å². The summed E-state index contributed by atoms with van der Waals surface area (Å²) in [6, 6.07) is 7.90. The molecule has 1 saturated carbocycles. The topological polar surface area (TPSA) is 70.2 Å². The molecular formula is C21H33N3O2. The van der Waals surface area contributed by atoms with Gasteiger partial charge >= 0.3 is 6.03 Å². The number of amides is 3. The summed E-state index contributed by atoms with van der Waals surface area (Å²) in [4.78, 5) is 24.2. The summed E-state index contributed by atoms with van der Waals surface area (Å²) in [6.45, 7) is 8.23. The highest BCUT2D eigenvalue weighted by molar-refractivity contribution is 5.96. The van der Waals surface area contributed by atoms with Crippen molar-refractivity contribution in [2.75, 3.05) is 0 Å². The molecule has 0 radical (unpaired) electrons. The van der Waals surface area contributed by atoms with Crippen LogP contribution < -0.4 is 16.0 Å². The number of hydrogen-bond acceptors (Lipinski definition) is 3. The van der Waals surface area contributed by atoms with Gasteiger partial charge in [0.25, 0.3) is 0 Å². The van der Waals surface area contributed by atoms with Gasteiger partial charge in [0.05, 0.1) is 6.04 Å². The lowest BCUT2D eigenvalue weighted by Gasteiger charge is -2.20. The molecule has 0 saturated heterocycles. The number of rotatable bonds is 7. The third-order valence-electron chi connectivity index (χ3n) is 4.94. The largest absolute Gasteiger partial charge is 0.335 e.